The zero-order chi connectivity index (χ0) is 19.0. The van der Waals surface area contributed by atoms with Gasteiger partial charge in [-0.05, 0) is 38.1 Å². The fraction of sp³-hybridized carbons (Fsp3) is 0.238. The summed E-state index contributed by atoms with van der Waals surface area (Å²) in [4.78, 5) is 24.2. The van der Waals surface area contributed by atoms with E-state index < -0.39 is 5.97 Å². The maximum absolute atomic E-state index is 12.1. The summed E-state index contributed by atoms with van der Waals surface area (Å²) in [6, 6.07) is 14.4. The highest BCUT2D eigenvalue weighted by Crippen LogP contribution is 2.34. The molecule has 1 aliphatic heterocycles. The lowest BCUT2D eigenvalue weighted by atomic mass is 10.1. The molecule has 3 aromatic rings. The number of thioether (sulfide) groups is 1. The van der Waals surface area contributed by atoms with Crippen LogP contribution in [0, 0.1) is 0 Å². The van der Waals surface area contributed by atoms with Crippen LogP contribution in [0.15, 0.2) is 53.1 Å². The van der Waals surface area contributed by atoms with Gasteiger partial charge in [0.1, 0.15) is 5.57 Å². The van der Waals surface area contributed by atoms with E-state index in [1.807, 2.05) is 18.2 Å². The minimum atomic E-state index is -0.557. The second kappa shape index (κ2) is 7.12. The van der Waals surface area contributed by atoms with Crippen LogP contribution >= 0.6 is 11.8 Å². The van der Waals surface area contributed by atoms with E-state index in [1.165, 1.54) is 28.2 Å². The largest absolute Gasteiger partial charge is 0.462 e. The number of hydrogen-bond donors (Lipinski definition) is 1. The van der Waals surface area contributed by atoms with Crippen molar-refractivity contribution >= 4 is 51.0 Å². The van der Waals surface area contributed by atoms with Crippen molar-refractivity contribution in [3.05, 3.63) is 53.1 Å². The van der Waals surface area contributed by atoms with Crippen molar-refractivity contribution in [2.45, 2.75) is 20.4 Å². The molecule has 2 aromatic carbocycles. The van der Waals surface area contributed by atoms with E-state index in [4.69, 9.17) is 4.74 Å². The summed E-state index contributed by atoms with van der Waals surface area (Å²) >= 11 is 1.34. The van der Waals surface area contributed by atoms with E-state index >= 15 is 0 Å². The summed E-state index contributed by atoms with van der Waals surface area (Å²) in [6.45, 7) is 5.00. The third-order valence-electron chi connectivity index (χ3n) is 4.68. The van der Waals surface area contributed by atoms with E-state index in [2.05, 4.69) is 41.1 Å². The number of carbonyl (C=O) groups is 2. The molecule has 5 nitrogen and oxygen atoms in total. The highest BCUT2D eigenvalue weighted by molar-refractivity contribution is 8.04. The number of nitrogens with zero attached hydrogens (tertiary/aromatic N) is 1. The van der Waals surface area contributed by atoms with Crippen LogP contribution in [0.4, 0.5) is 5.69 Å². The molecule has 138 valence electrons. The van der Waals surface area contributed by atoms with E-state index in [-0.39, 0.29) is 23.7 Å². The molecule has 0 aliphatic carbocycles. The third-order valence-corrected chi connectivity index (χ3v) is 5.68. The molecule has 1 aliphatic rings. The highest BCUT2D eigenvalue weighted by atomic mass is 32.2. The molecule has 2 heterocycles. The first-order valence-corrected chi connectivity index (χ1v) is 9.98. The molecule has 27 heavy (non-hydrogen) atoms. The minimum Gasteiger partial charge on any atom is -0.462 e. The van der Waals surface area contributed by atoms with Gasteiger partial charge in [-0.3, -0.25) is 4.79 Å². The number of ether oxygens (including phenoxy) is 1. The van der Waals surface area contributed by atoms with Crippen LogP contribution in [0.1, 0.15) is 13.8 Å². The highest BCUT2D eigenvalue weighted by Gasteiger charge is 2.31. The van der Waals surface area contributed by atoms with Gasteiger partial charge in [-0.15, -0.1) is 0 Å². The van der Waals surface area contributed by atoms with Gasteiger partial charge in [0.05, 0.1) is 17.4 Å². The number of rotatable bonds is 5. The number of anilines is 1. The number of aryl methyl sites for hydroxylation is 1. The van der Waals surface area contributed by atoms with Gasteiger partial charge in [0.25, 0.3) is 0 Å². The van der Waals surface area contributed by atoms with E-state index in [0.29, 0.717) is 5.03 Å². The number of Topliss-reactive ketones (excluding diaryl/α,β-unsaturated/α-hetero) is 1. The van der Waals surface area contributed by atoms with Crippen molar-refractivity contribution in [2.24, 2.45) is 0 Å². The summed E-state index contributed by atoms with van der Waals surface area (Å²) in [6.07, 6.45) is 0. The zero-order valence-electron chi connectivity index (χ0n) is 15.2. The Hall–Kier alpha value is -2.73. The summed E-state index contributed by atoms with van der Waals surface area (Å²) < 4.78 is 7.32. The maximum Gasteiger partial charge on any atom is 0.344 e. The minimum absolute atomic E-state index is 0.123. The topological polar surface area (TPSA) is 60.3 Å². The van der Waals surface area contributed by atoms with E-state index in [1.54, 1.807) is 6.92 Å². The molecule has 1 N–H and O–H groups in total. The van der Waals surface area contributed by atoms with Crippen LogP contribution in [-0.2, 0) is 20.9 Å². The Labute approximate surface area is 161 Å². The molecular weight excluding hydrogens is 360 g/mol. The van der Waals surface area contributed by atoms with E-state index in [0.717, 1.165) is 17.6 Å². The Morgan fingerprint density at radius 3 is 2.70 bits per heavy atom. The first-order chi connectivity index (χ1) is 13.1. The number of fused-ring (bicyclic) bond motifs is 3. The van der Waals surface area contributed by atoms with E-state index in [9.17, 15) is 9.59 Å². The van der Waals surface area contributed by atoms with Crippen molar-refractivity contribution in [1.29, 1.82) is 0 Å². The Balaban J connectivity index is 1.78. The fourth-order valence-electron chi connectivity index (χ4n) is 3.52. The standard InChI is InChI=1S/C21H20N2O3S/c1-3-23-16-8-6-5-7-14(16)15-11-13(9-10-17(15)23)22-20-19(18(24)12-27-20)21(25)26-4-2/h5-11,22H,3-4,12H2,1-2H3. The molecule has 1 aromatic heterocycles. The van der Waals surface area contributed by atoms with Gasteiger partial charge in [0.2, 0.25) is 0 Å². The fourth-order valence-corrected chi connectivity index (χ4v) is 4.47. The number of benzene rings is 2. The summed E-state index contributed by atoms with van der Waals surface area (Å²) in [5.74, 6) is -0.489. The Bertz CT molecular complexity index is 1100. The zero-order valence-corrected chi connectivity index (χ0v) is 16.1. The van der Waals surface area contributed by atoms with Gasteiger partial charge in [-0.2, -0.15) is 0 Å². The van der Waals surface area contributed by atoms with Crippen LogP contribution in [0.3, 0.4) is 0 Å². The first kappa shape index (κ1) is 17.7. The van der Waals surface area contributed by atoms with Gasteiger partial charge >= 0.3 is 5.97 Å². The third kappa shape index (κ3) is 3.00. The van der Waals surface area contributed by atoms with Gasteiger partial charge in [-0.1, -0.05) is 30.0 Å². The molecule has 0 spiro atoms. The van der Waals surface area contributed by atoms with Crippen LogP contribution in [-0.4, -0.2) is 28.7 Å². The number of aromatic nitrogens is 1. The molecule has 0 unspecified atom stereocenters. The SMILES string of the molecule is CCOC(=O)C1=C(Nc2ccc3c(c2)c2ccccc2n3CC)SCC1=O. The maximum atomic E-state index is 12.1. The number of para-hydroxylation sites is 1. The lowest BCUT2D eigenvalue weighted by Crippen LogP contribution is -2.16. The summed E-state index contributed by atoms with van der Waals surface area (Å²) in [7, 11) is 0. The second-order valence-electron chi connectivity index (χ2n) is 6.25. The lowest BCUT2D eigenvalue weighted by molar-refractivity contribution is -0.139. The van der Waals surface area contributed by atoms with Crippen molar-refractivity contribution in [2.75, 3.05) is 17.7 Å². The summed E-state index contributed by atoms with van der Waals surface area (Å²) in [5, 5.41) is 6.15. The molecule has 0 fully saturated rings. The van der Waals surface area contributed by atoms with Gasteiger partial charge in [0, 0.05) is 34.0 Å². The predicted molar refractivity (Wildman–Crippen MR) is 110 cm³/mol. The molecule has 0 bridgehead atoms. The molecule has 0 saturated carbocycles. The second-order valence-corrected chi connectivity index (χ2v) is 7.24. The van der Waals surface area contributed by atoms with Crippen molar-refractivity contribution in [1.82, 2.24) is 4.57 Å². The average Bonchev–Trinajstić information content (AvgIpc) is 3.19. The first-order valence-electron chi connectivity index (χ1n) is 8.99. The molecule has 0 saturated heterocycles. The molecule has 0 atom stereocenters. The number of carbonyl (C=O) groups excluding carboxylic acids is 2. The van der Waals surface area contributed by atoms with Crippen molar-refractivity contribution in [3.63, 3.8) is 0 Å². The van der Waals surface area contributed by atoms with Crippen molar-refractivity contribution in [3.8, 4) is 0 Å². The molecular formula is C21H20N2O3S. The number of ketones is 1. The smallest absolute Gasteiger partial charge is 0.344 e. The molecule has 0 radical (unpaired) electrons. The van der Waals surface area contributed by atoms with Crippen LogP contribution in [0.25, 0.3) is 21.8 Å². The Morgan fingerprint density at radius 2 is 1.93 bits per heavy atom. The van der Waals surface area contributed by atoms with Crippen molar-refractivity contribution < 1.29 is 14.3 Å². The van der Waals surface area contributed by atoms with Gasteiger partial charge in [-0.25, -0.2) is 4.79 Å². The summed E-state index contributed by atoms with van der Waals surface area (Å²) in [5.41, 5.74) is 3.33. The van der Waals surface area contributed by atoms with Crippen LogP contribution in [0.2, 0.25) is 0 Å². The Morgan fingerprint density at radius 1 is 1.15 bits per heavy atom. The van der Waals surface area contributed by atoms with Crippen LogP contribution < -0.4 is 5.32 Å². The number of hydrogen-bond acceptors (Lipinski definition) is 5. The molecule has 0 amide bonds. The number of esters is 1. The Kier molecular flexibility index (Phi) is 4.66. The molecule has 6 heteroatoms. The molecule has 4 rings (SSSR count). The monoisotopic (exact) mass is 380 g/mol. The average molecular weight is 380 g/mol. The predicted octanol–water partition coefficient (Wildman–Crippen LogP) is 4.32. The lowest BCUT2D eigenvalue weighted by Gasteiger charge is -2.09. The number of nitrogens with one attached hydrogen (secondary N) is 1. The normalized spacial score (nSPS) is 14.4. The van der Waals surface area contributed by atoms with Gasteiger partial charge in [0.15, 0.2) is 5.78 Å². The quantitative estimate of drug-likeness (QED) is 0.528. The van der Waals surface area contributed by atoms with Gasteiger partial charge < -0.3 is 14.6 Å². The van der Waals surface area contributed by atoms with Crippen LogP contribution in [0.5, 0.6) is 0 Å².